The second-order valence-corrected chi connectivity index (χ2v) is 5.19. The van der Waals surface area contributed by atoms with Gasteiger partial charge in [-0.3, -0.25) is 4.79 Å². The van der Waals surface area contributed by atoms with Gasteiger partial charge in [0.05, 0.1) is 0 Å². The first-order valence-electron chi connectivity index (χ1n) is 6.30. The molecule has 0 spiro atoms. The number of amidine groups is 1. The van der Waals surface area contributed by atoms with E-state index < -0.39 is 5.41 Å². The van der Waals surface area contributed by atoms with Crippen molar-refractivity contribution in [1.29, 1.82) is 0 Å². The fourth-order valence-corrected chi connectivity index (χ4v) is 1.71. The van der Waals surface area contributed by atoms with Crippen LogP contribution < -0.4 is 11.1 Å². The molecule has 20 heavy (non-hydrogen) atoms. The number of hydrogen-bond acceptors (Lipinski definition) is 3. The Hall–Kier alpha value is -2.11. The third kappa shape index (κ3) is 3.69. The minimum Gasteiger partial charge on any atom is -0.409 e. The molecule has 0 aliphatic heterocycles. The predicted octanol–water partition coefficient (Wildman–Crippen LogP) is 1.57. The molecule has 0 bridgehead atoms. The Labute approximate surface area is 117 Å². The maximum absolute atomic E-state index is 13.0. The van der Waals surface area contributed by atoms with Gasteiger partial charge in [-0.1, -0.05) is 11.2 Å². The second kappa shape index (κ2) is 6.36. The van der Waals surface area contributed by atoms with E-state index in [4.69, 9.17) is 10.9 Å². The summed E-state index contributed by atoms with van der Waals surface area (Å²) in [5, 5.41) is 14.2. The van der Waals surface area contributed by atoms with Crippen molar-refractivity contribution < 1.29 is 14.4 Å². The van der Waals surface area contributed by atoms with E-state index in [0.29, 0.717) is 13.0 Å². The molecule has 1 aromatic rings. The largest absolute Gasteiger partial charge is 0.409 e. The molecule has 0 heterocycles. The lowest BCUT2D eigenvalue weighted by atomic mass is 9.91. The van der Waals surface area contributed by atoms with Gasteiger partial charge in [0, 0.05) is 6.54 Å². The summed E-state index contributed by atoms with van der Waals surface area (Å²) in [6.45, 7) is 5.36. The number of halogens is 1. The van der Waals surface area contributed by atoms with Gasteiger partial charge < -0.3 is 16.3 Å². The molecule has 6 heteroatoms. The summed E-state index contributed by atoms with van der Waals surface area (Å²) in [5.74, 6) is -0.746. The Balaban J connectivity index is 2.58. The van der Waals surface area contributed by atoms with Crippen molar-refractivity contribution in [2.24, 2.45) is 16.3 Å². The summed E-state index contributed by atoms with van der Waals surface area (Å²) in [6, 6.07) is 4.55. The molecule has 0 aliphatic rings. The van der Waals surface area contributed by atoms with Crippen LogP contribution >= 0.6 is 0 Å². The number of amides is 1. The van der Waals surface area contributed by atoms with Gasteiger partial charge in [-0.25, -0.2) is 4.39 Å². The van der Waals surface area contributed by atoms with Crippen LogP contribution in [0.15, 0.2) is 23.4 Å². The fourth-order valence-electron chi connectivity index (χ4n) is 1.71. The lowest BCUT2D eigenvalue weighted by molar-refractivity contribution is -0.126. The van der Waals surface area contributed by atoms with E-state index in [2.05, 4.69) is 10.5 Å². The number of nitrogens with one attached hydrogen (secondary N) is 1. The van der Waals surface area contributed by atoms with E-state index in [0.717, 1.165) is 11.1 Å². The molecule has 1 aromatic carbocycles. The number of carbonyl (C=O) groups excluding carboxylic acids is 1. The molecule has 0 aliphatic carbocycles. The maximum atomic E-state index is 13.0. The highest BCUT2D eigenvalue weighted by Crippen LogP contribution is 2.15. The number of carbonyl (C=O) groups is 1. The van der Waals surface area contributed by atoms with Gasteiger partial charge in [0.25, 0.3) is 0 Å². The Bertz CT molecular complexity index is 527. The molecule has 0 aromatic heterocycles. The average molecular weight is 281 g/mol. The zero-order valence-electron chi connectivity index (χ0n) is 11.9. The van der Waals surface area contributed by atoms with Crippen LogP contribution in [0.2, 0.25) is 0 Å². The van der Waals surface area contributed by atoms with Crippen LogP contribution in [0.3, 0.4) is 0 Å². The van der Waals surface area contributed by atoms with E-state index in [-0.39, 0.29) is 17.6 Å². The molecular weight excluding hydrogens is 261 g/mol. The SMILES string of the molecule is Cc1cc(F)ccc1CCNC(=O)C(C)(C)/C(N)=N/O. The van der Waals surface area contributed by atoms with Gasteiger partial charge in [-0.2, -0.15) is 0 Å². The van der Waals surface area contributed by atoms with Gasteiger partial charge in [0.1, 0.15) is 11.2 Å². The van der Waals surface area contributed by atoms with Gasteiger partial charge in [0.2, 0.25) is 5.91 Å². The molecule has 0 radical (unpaired) electrons. The molecule has 0 unspecified atom stereocenters. The molecule has 4 N–H and O–H groups in total. The third-order valence-electron chi connectivity index (χ3n) is 3.30. The maximum Gasteiger partial charge on any atom is 0.233 e. The van der Waals surface area contributed by atoms with E-state index in [1.54, 1.807) is 19.9 Å². The number of rotatable bonds is 5. The molecule has 0 fully saturated rings. The van der Waals surface area contributed by atoms with Gasteiger partial charge in [0.15, 0.2) is 5.84 Å². The number of nitrogens with two attached hydrogens (primary N) is 1. The normalized spacial score (nSPS) is 12.3. The number of aryl methyl sites for hydroxylation is 1. The van der Waals surface area contributed by atoms with Crippen molar-refractivity contribution in [3.8, 4) is 0 Å². The minimum absolute atomic E-state index is 0.145. The Kier molecular flexibility index (Phi) is 5.07. The monoisotopic (exact) mass is 281 g/mol. The van der Waals surface area contributed by atoms with Crippen molar-refractivity contribution in [2.45, 2.75) is 27.2 Å². The summed E-state index contributed by atoms with van der Waals surface area (Å²) < 4.78 is 13.0. The Morgan fingerprint density at radius 2 is 2.15 bits per heavy atom. The third-order valence-corrected chi connectivity index (χ3v) is 3.30. The van der Waals surface area contributed by atoms with Crippen molar-refractivity contribution in [3.63, 3.8) is 0 Å². The van der Waals surface area contributed by atoms with E-state index in [9.17, 15) is 9.18 Å². The Morgan fingerprint density at radius 1 is 1.50 bits per heavy atom. The average Bonchev–Trinajstić information content (AvgIpc) is 2.39. The van der Waals surface area contributed by atoms with E-state index >= 15 is 0 Å². The lowest BCUT2D eigenvalue weighted by Crippen LogP contribution is -2.46. The summed E-state index contributed by atoms with van der Waals surface area (Å²) in [5.41, 5.74) is 6.20. The molecule has 5 nitrogen and oxygen atoms in total. The van der Waals surface area contributed by atoms with E-state index in [1.165, 1.54) is 12.1 Å². The summed E-state index contributed by atoms with van der Waals surface area (Å²) >= 11 is 0. The van der Waals surface area contributed by atoms with Crippen molar-refractivity contribution in [2.75, 3.05) is 6.54 Å². The molecular formula is C14H20FN3O2. The number of hydrogen-bond donors (Lipinski definition) is 3. The van der Waals surface area contributed by atoms with Gasteiger partial charge in [-0.05, 0) is 50.5 Å². The molecule has 0 saturated heterocycles. The molecule has 1 amide bonds. The first-order chi connectivity index (χ1) is 9.28. The highest BCUT2D eigenvalue weighted by atomic mass is 19.1. The van der Waals surface area contributed by atoms with Crippen LogP contribution in [0.4, 0.5) is 4.39 Å². The highest BCUT2D eigenvalue weighted by molar-refractivity contribution is 6.05. The molecule has 0 atom stereocenters. The minimum atomic E-state index is -1.08. The topological polar surface area (TPSA) is 87.7 Å². The van der Waals surface area contributed by atoms with Crippen LogP contribution in [-0.2, 0) is 11.2 Å². The standard InChI is InChI=1S/C14H20FN3O2/c1-9-8-11(15)5-4-10(9)6-7-17-13(19)14(2,3)12(16)18-20/h4-5,8,20H,6-7H2,1-3H3,(H2,16,18)(H,17,19). The summed E-state index contributed by atoms with van der Waals surface area (Å²) in [7, 11) is 0. The molecule has 110 valence electrons. The van der Waals surface area contributed by atoms with Crippen LogP contribution in [0.1, 0.15) is 25.0 Å². The zero-order valence-corrected chi connectivity index (χ0v) is 11.9. The molecule has 0 saturated carbocycles. The van der Waals surface area contributed by atoms with Crippen molar-refractivity contribution >= 4 is 11.7 Å². The van der Waals surface area contributed by atoms with Gasteiger partial charge >= 0.3 is 0 Å². The predicted molar refractivity (Wildman–Crippen MR) is 75.0 cm³/mol. The lowest BCUT2D eigenvalue weighted by Gasteiger charge is -2.21. The second-order valence-electron chi connectivity index (χ2n) is 5.19. The first-order valence-corrected chi connectivity index (χ1v) is 6.30. The first kappa shape index (κ1) is 15.9. The quantitative estimate of drug-likeness (QED) is 0.331. The van der Waals surface area contributed by atoms with Crippen LogP contribution in [0, 0.1) is 18.2 Å². The highest BCUT2D eigenvalue weighted by Gasteiger charge is 2.32. The number of oxime groups is 1. The van der Waals surface area contributed by atoms with Crippen LogP contribution in [0.25, 0.3) is 0 Å². The summed E-state index contributed by atoms with van der Waals surface area (Å²) in [4.78, 5) is 12.0. The fraction of sp³-hybridized carbons (Fsp3) is 0.429. The van der Waals surface area contributed by atoms with E-state index in [1.807, 2.05) is 6.92 Å². The smallest absolute Gasteiger partial charge is 0.233 e. The van der Waals surface area contributed by atoms with Crippen LogP contribution in [0.5, 0.6) is 0 Å². The van der Waals surface area contributed by atoms with Crippen LogP contribution in [-0.4, -0.2) is 23.5 Å². The zero-order chi connectivity index (χ0) is 15.3. The van der Waals surface area contributed by atoms with Crippen molar-refractivity contribution in [3.05, 3.63) is 35.1 Å². The van der Waals surface area contributed by atoms with Gasteiger partial charge in [-0.15, -0.1) is 0 Å². The molecule has 1 rings (SSSR count). The Morgan fingerprint density at radius 3 is 2.70 bits per heavy atom. The summed E-state index contributed by atoms with van der Waals surface area (Å²) in [6.07, 6.45) is 0.587. The number of benzene rings is 1. The number of nitrogens with zero attached hydrogens (tertiary/aromatic N) is 1. The van der Waals surface area contributed by atoms with Crippen molar-refractivity contribution in [1.82, 2.24) is 5.32 Å².